The van der Waals surface area contributed by atoms with E-state index in [2.05, 4.69) is 12.2 Å². The van der Waals surface area contributed by atoms with Crippen LogP contribution >= 0.6 is 0 Å². The van der Waals surface area contributed by atoms with Crippen LogP contribution in [0.5, 0.6) is 17.2 Å². The molecule has 0 fully saturated rings. The number of hydrogen-bond donors (Lipinski definition) is 1. The minimum Gasteiger partial charge on any atom is -0.490 e. The maximum Gasteiger partial charge on any atom is 0.339 e. The van der Waals surface area contributed by atoms with Crippen molar-refractivity contribution in [3.8, 4) is 17.2 Å². The van der Waals surface area contributed by atoms with Crippen LogP contribution < -0.4 is 19.5 Å². The van der Waals surface area contributed by atoms with Gasteiger partial charge in [-0.25, -0.2) is 4.79 Å². The molecule has 2 rings (SSSR count). The molecule has 168 valence electrons. The summed E-state index contributed by atoms with van der Waals surface area (Å²) in [6.07, 6.45) is -0.0753. The normalized spacial score (nSPS) is 11.4. The summed E-state index contributed by atoms with van der Waals surface area (Å²) in [5, 5.41) is 2.75. The standard InChI is InChI=1S/C24H31NO6/c1-6-17-10-12-19(13-11-17)25-23(26)16(5)31-24(27)18-14-20(28-7-2)22(30-9-4)21(15-18)29-8-3/h10-16H,6-9H2,1-5H3,(H,25,26)/t16-/m1/s1. The summed E-state index contributed by atoms with van der Waals surface area (Å²) in [5.74, 6) is 0.127. The number of hydrogen-bond acceptors (Lipinski definition) is 6. The average Bonchev–Trinajstić information content (AvgIpc) is 2.76. The highest BCUT2D eigenvalue weighted by Crippen LogP contribution is 2.39. The number of anilines is 1. The minimum atomic E-state index is -0.990. The number of benzene rings is 2. The molecule has 0 aromatic heterocycles. The Kier molecular flexibility index (Phi) is 9.18. The van der Waals surface area contributed by atoms with Crippen LogP contribution in [0, 0.1) is 0 Å². The summed E-state index contributed by atoms with van der Waals surface area (Å²) in [6, 6.07) is 10.6. The molecule has 1 amide bonds. The minimum absolute atomic E-state index is 0.210. The highest BCUT2D eigenvalue weighted by atomic mass is 16.6. The largest absolute Gasteiger partial charge is 0.490 e. The SMILES string of the molecule is CCOc1cc(C(=O)O[C@H](C)C(=O)Nc2ccc(CC)cc2)cc(OCC)c1OCC. The molecule has 31 heavy (non-hydrogen) atoms. The van der Waals surface area contributed by atoms with Crippen molar-refractivity contribution < 1.29 is 28.5 Å². The first-order chi connectivity index (χ1) is 14.9. The number of rotatable bonds is 11. The van der Waals surface area contributed by atoms with Gasteiger partial charge < -0.3 is 24.3 Å². The van der Waals surface area contributed by atoms with Crippen molar-refractivity contribution in [2.75, 3.05) is 25.1 Å². The quantitative estimate of drug-likeness (QED) is 0.525. The van der Waals surface area contributed by atoms with Crippen LogP contribution in [-0.2, 0) is 16.0 Å². The molecule has 7 nitrogen and oxygen atoms in total. The van der Waals surface area contributed by atoms with E-state index in [0.29, 0.717) is 42.8 Å². The van der Waals surface area contributed by atoms with Crippen LogP contribution in [0.2, 0.25) is 0 Å². The lowest BCUT2D eigenvalue weighted by atomic mass is 10.1. The van der Waals surface area contributed by atoms with Crippen molar-refractivity contribution in [2.24, 2.45) is 0 Å². The molecule has 0 bridgehead atoms. The van der Waals surface area contributed by atoms with Gasteiger partial charge in [0.2, 0.25) is 5.75 Å². The number of nitrogens with one attached hydrogen (secondary N) is 1. The third-order valence-corrected chi connectivity index (χ3v) is 4.43. The maximum atomic E-state index is 12.7. The zero-order valence-electron chi connectivity index (χ0n) is 18.8. The van der Waals surface area contributed by atoms with Crippen LogP contribution in [0.3, 0.4) is 0 Å². The molecule has 0 spiro atoms. The van der Waals surface area contributed by atoms with Gasteiger partial charge in [0.25, 0.3) is 5.91 Å². The van der Waals surface area contributed by atoms with E-state index in [-0.39, 0.29) is 5.56 Å². The second kappa shape index (κ2) is 11.8. The van der Waals surface area contributed by atoms with Gasteiger partial charge in [-0.15, -0.1) is 0 Å². The fourth-order valence-electron chi connectivity index (χ4n) is 2.86. The Balaban J connectivity index is 2.15. The van der Waals surface area contributed by atoms with Crippen LogP contribution in [0.4, 0.5) is 5.69 Å². The van der Waals surface area contributed by atoms with E-state index in [0.717, 1.165) is 6.42 Å². The second-order valence-electron chi connectivity index (χ2n) is 6.69. The van der Waals surface area contributed by atoms with Crippen LogP contribution in [0.25, 0.3) is 0 Å². The first kappa shape index (κ1) is 24.1. The lowest BCUT2D eigenvalue weighted by Gasteiger charge is -2.18. The van der Waals surface area contributed by atoms with Crippen molar-refractivity contribution in [2.45, 2.75) is 47.1 Å². The number of carbonyl (C=O) groups excluding carboxylic acids is 2. The van der Waals surface area contributed by atoms with Crippen molar-refractivity contribution in [1.29, 1.82) is 0 Å². The Morgan fingerprint density at radius 3 is 1.90 bits per heavy atom. The molecule has 0 radical (unpaired) electrons. The molecular formula is C24H31NO6. The molecule has 7 heteroatoms. The highest BCUT2D eigenvalue weighted by Gasteiger charge is 2.23. The Morgan fingerprint density at radius 2 is 1.42 bits per heavy atom. The lowest BCUT2D eigenvalue weighted by molar-refractivity contribution is -0.123. The zero-order valence-corrected chi connectivity index (χ0v) is 18.8. The number of esters is 1. The van der Waals surface area contributed by atoms with Crippen molar-refractivity contribution in [1.82, 2.24) is 0 Å². The number of aryl methyl sites for hydroxylation is 1. The molecule has 0 aliphatic heterocycles. The predicted molar refractivity (Wildman–Crippen MR) is 119 cm³/mol. The van der Waals surface area contributed by atoms with Crippen LogP contribution in [0.15, 0.2) is 36.4 Å². The van der Waals surface area contributed by atoms with Crippen LogP contribution in [0.1, 0.15) is 50.5 Å². The molecule has 0 heterocycles. The van der Waals surface area contributed by atoms with E-state index < -0.39 is 18.0 Å². The van der Waals surface area contributed by atoms with E-state index in [1.165, 1.54) is 24.6 Å². The number of amides is 1. The van der Waals surface area contributed by atoms with Gasteiger partial charge in [0.1, 0.15) is 0 Å². The number of ether oxygens (including phenoxy) is 4. The molecule has 0 aliphatic rings. The first-order valence-electron chi connectivity index (χ1n) is 10.6. The van der Waals surface area contributed by atoms with Gasteiger partial charge in [0, 0.05) is 5.69 Å². The topological polar surface area (TPSA) is 83.1 Å². The van der Waals surface area contributed by atoms with E-state index in [9.17, 15) is 9.59 Å². The predicted octanol–water partition coefficient (Wildman–Crippen LogP) is 4.63. The van der Waals surface area contributed by atoms with Crippen LogP contribution in [-0.4, -0.2) is 37.8 Å². The third kappa shape index (κ3) is 6.64. The van der Waals surface area contributed by atoms with Gasteiger partial charge in [0.05, 0.1) is 25.4 Å². The summed E-state index contributed by atoms with van der Waals surface area (Å²) >= 11 is 0. The van der Waals surface area contributed by atoms with Crippen molar-refractivity contribution in [3.05, 3.63) is 47.5 Å². The maximum absolute atomic E-state index is 12.7. The van der Waals surface area contributed by atoms with E-state index in [1.807, 2.05) is 45.0 Å². The molecule has 2 aromatic rings. The molecule has 1 atom stereocenters. The van der Waals surface area contributed by atoms with Gasteiger partial charge >= 0.3 is 5.97 Å². The van der Waals surface area contributed by atoms with Gasteiger partial charge in [-0.1, -0.05) is 19.1 Å². The molecule has 2 aromatic carbocycles. The lowest BCUT2D eigenvalue weighted by Crippen LogP contribution is -2.30. The van der Waals surface area contributed by atoms with Gasteiger partial charge in [0.15, 0.2) is 17.6 Å². The van der Waals surface area contributed by atoms with Gasteiger partial charge in [-0.2, -0.15) is 0 Å². The first-order valence-corrected chi connectivity index (χ1v) is 10.6. The van der Waals surface area contributed by atoms with Gasteiger partial charge in [-0.05, 0) is 63.9 Å². The summed E-state index contributed by atoms with van der Waals surface area (Å²) < 4.78 is 22.3. The summed E-state index contributed by atoms with van der Waals surface area (Å²) in [4.78, 5) is 25.2. The Labute approximate surface area is 183 Å². The number of carbonyl (C=O) groups is 2. The van der Waals surface area contributed by atoms with Gasteiger partial charge in [-0.3, -0.25) is 4.79 Å². The Bertz CT molecular complexity index is 851. The smallest absolute Gasteiger partial charge is 0.339 e. The molecule has 0 saturated heterocycles. The van der Waals surface area contributed by atoms with Crippen molar-refractivity contribution in [3.63, 3.8) is 0 Å². The van der Waals surface area contributed by atoms with E-state index in [4.69, 9.17) is 18.9 Å². The van der Waals surface area contributed by atoms with E-state index in [1.54, 1.807) is 0 Å². The third-order valence-electron chi connectivity index (χ3n) is 4.43. The molecular weight excluding hydrogens is 398 g/mol. The highest BCUT2D eigenvalue weighted by molar-refractivity contribution is 5.97. The monoisotopic (exact) mass is 429 g/mol. The summed E-state index contributed by atoms with van der Waals surface area (Å²) in [7, 11) is 0. The fraction of sp³-hybridized carbons (Fsp3) is 0.417. The van der Waals surface area contributed by atoms with Crippen molar-refractivity contribution >= 4 is 17.6 Å². The molecule has 0 saturated carbocycles. The summed E-state index contributed by atoms with van der Waals surface area (Å²) in [5.41, 5.74) is 2.02. The average molecular weight is 430 g/mol. The Hall–Kier alpha value is -3.22. The zero-order chi connectivity index (χ0) is 22.8. The molecule has 0 aliphatic carbocycles. The fourth-order valence-corrected chi connectivity index (χ4v) is 2.86. The second-order valence-corrected chi connectivity index (χ2v) is 6.69. The summed E-state index contributed by atoms with van der Waals surface area (Å²) in [6.45, 7) is 10.3. The molecule has 0 unspecified atom stereocenters. The van der Waals surface area contributed by atoms with E-state index >= 15 is 0 Å². The Morgan fingerprint density at radius 1 is 0.871 bits per heavy atom. The molecule has 1 N–H and O–H groups in total.